The molecule has 0 bridgehead atoms. The van der Waals surface area contributed by atoms with E-state index in [1.807, 2.05) is 18.2 Å². The lowest BCUT2D eigenvalue weighted by molar-refractivity contribution is 0.354. The monoisotopic (exact) mass is 386 g/mol. The second-order valence-corrected chi connectivity index (χ2v) is 5.98. The van der Waals surface area contributed by atoms with Gasteiger partial charge in [-0.05, 0) is 36.8 Å². The van der Waals surface area contributed by atoms with Crippen LogP contribution < -0.4 is 20.1 Å². The maximum Gasteiger partial charge on any atom is 0.229 e. The Morgan fingerprint density at radius 3 is 2.32 bits per heavy atom. The van der Waals surface area contributed by atoms with Gasteiger partial charge in [-0.1, -0.05) is 12.1 Å². The number of halogens is 2. The number of aromatic nitrogens is 2. The Hall–Kier alpha value is -3.42. The zero-order valence-corrected chi connectivity index (χ0v) is 15.7. The van der Waals surface area contributed by atoms with Crippen LogP contribution >= 0.6 is 0 Å². The summed E-state index contributed by atoms with van der Waals surface area (Å²) < 4.78 is 38.2. The maximum atomic E-state index is 13.8. The highest BCUT2D eigenvalue weighted by molar-refractivity contribution is 5.57. The van der Waals surface area contributed by atoms with Gasteiger partial charge in [0.2, 0.25) is 5.95 Å². The van der Waals surface area contributed by atoms with E-state index in [1.165, 1.54) is 6.07 Å². The van der Waals surface area contributed by atoms with Crippen LogP contribution in [0.1, 0.15) is 11.3 Å². The van der Waals surface area contributed by atoms with E-state index in [0.717, 1.165) is 17.7 Å². The fourth-order valence-corrected chi connectivity index (χ4v) is 2.63. The molecule has 3 rings (SSSR count). The molecule has 0 saturated heterocycles. The van der Waals surface area contributed by atoms with Crippen molar-refractivity contribution >= 4 is 17.5 Å². The van der Waals surface area contributed by atoms with Crippen molar-refractivity contribution < 1.29 is 18.3 Å². The first-order valence-electron chi connectivity index (χ1n) is 8.51. The van der Waals surface area contributed by atoms with Crippen LogP contribution in [0.2, 0.25) is 0 Å². The number of hydrogen-bond acceptors (Lipinski definition) is 6. The maximum absolute atomic E-state index is 13.8. The minimum atomic E-state index is -0.718. The third-order valence-corrected chi connectivity index (χ3v) is 3.98. The Kier molecular flexibility index (Phi) is 5.88. The average molecular weight is 386 g/mol. The van der Waals surface area contributed by atoms with Crippen LogP contribution in [0.15, 0.2) is 42.5 Å². The molecule has 0 unspecified atom stereocenters. The standard InChI is InChI=1S/C20H20F2N4O2/c1-12-9-18(23-11-13-7-8-16(27-2)17(10-13)28-3)25-20(24-12)26-19-14(21)5-4-6-15(19)22/h4-10H,11H2,1-3H3,(H2,23,24,25,26). The quantitative estimate of drug-likeness (QED) is 0.626. The molecule has 0 atom stereocenters. The van der Waals surface area contributed by atoms with Crippen LogP contribution in [0, 0.1) is 18.6 Å². The van der Waals surface area contributed by atoms with Gasteiger partial charge in [-0.15, -0.1) is 0 Å². The van der Waals surface area contributed by atoms with Gasteiger partial charge in [0.25, 0.3) is 0 Å². The zero-order chi connectivity index (χ0) is 20.1. The lowest BCUT2D eigenvalue weighted by atomic mass is 10.2. The van der Waals surface area contributed by atoms with E-state index in [0.29, 0.717) is 29.6 Å². The van der Waals surface area contributed by atoms with Gasteiger partial charge in [-0.3, -0.25) is 0 Å². The van der Waals surface area contributed by atoms with E-state index in [1.54, 1.807) is 27.2 Å². The summed E-state index contributed by atoms with van der Waals surface area (Å²) in [6.45, 7) is 2.23. The summed E-state index contributed by atoms with van der Waals surface area (Å²) >= 11 is 0. The van der Waals surface area contributed by atoms with Crippen molar-refractivity contribution in [3.05, 3.63) is 65.4 Å². The summed E-state index contributed by atoms with van der Waals surface area (Å²) in [7, 11) is 3.15. The van der Waals surface area contributed by atoms with Crippen molar-refractivity contribution in [2.75, 3.05) is 24.9 Å². The predicted molar refractivity (Wildman–Crippen MR) is 103 cm³/mol. The molecule has 0 saturated carbocycles. The predicted octanol–water partition coefficient (Wildman–Crippen LogP) is 4.44. The first kappa shape index (κ1) is 19.3. The Balaban J connectivity index is 1.77. The summed E-state index contributed by atoms with van der Waals surface area (Å²) in [5.41, 5.74) is 1.30. The Labute approximate surface area is 161 Å². The normalized spacial score (nSPS) is 10.5. The number of nitrogens with zero attached hydrogens (tertiary/aromatic N) is 2. The molecule has 0 aliphatic heterocycles. The highest BCUT2D eigenvalue weighted by Gasteiger charge is 2.11. The number of benzene rings is 2. The van der Waals surface area contributed by atoms with E-state index in [9.17, 15) is 8.78 Å². The molecule has 146 valence electrons. The van der Waals surface area contributed by atoms with Crippen molar-refractivity contribution in [2.45, 2.75) is 13.5 Å². The lowest BCUT2D eigenvalue weighted by Crippen LogP contribution is -2.07. The molecule has 0 fully saturated rings. The molecule has 0 spiro atoms. The molecular formula is C20H20F2N4O2. The van der Waals surface area contributed by atoms with Gasteiger partial charge in [0.1, 0.15) is 23.1 Å². The van der Waals surface area contributed by atoms with E-state index in [2.05, 4.69) is 20.6 Å². The molecule has 0 amide bonds. The second-order valence-electron chi connectivity index (χ2n) is 5.98. The molecule has 28 heavy (non-hydrogen) atoms. The van der Waals surface area contributed by atoms with Gasteiger partial charge >= 0.3 is 0 Å². The number of hydrogen-bond donors (Lipinski definition) is 2. The molecule has 1 aromatic heterocycles. The van der Waals surface area contributed by atoms with Gasteiger partial charge in [0.05, 0.1) is 14.2 Å². The van der Waals surface area contributed by atoms with Crippen molar-refractivity contribution in [3.8, 4) is 11.5 Å². The van der Waals surface area contributed by atoms with Crippen LogP contribution in [0.4, 0.5) is 26.2 Å². The molecule has 2 N–H and O–H groups in total. The second kappa shape index (κ2) is 8.51. The van der Waals surface area contributed by atoms with Crippen LogP contribution in [0.3, 0.4) is 0 Å². The number of rotatable bonds is 7. The summed E-state index contributed by atoms with van der Waals surface area (Å²) in [4.78, 5) is 8.46. The number of nitrogens with one attached hydrogen (secondary N) is 2. The average Bonchev–Trinajstić information content (AvgIpc) is 2.68. The van der Waals surface area contributed by atoms with Crippen LogP contribution in [0.5, 0.6) is 11.5 Å². The van der Waals surface area contributed by atoms with E-state index >= 15 is 0 Å². The zero-order valence-electron chi connectivity index (χ0n) is 15.7. The fraction of sp³-hybridized carbons (Fsp3) is 0.200. The van der Waals surface area contributed by atoms with Crippen molar-refractivity contribution in [3.63, 3.8) is 0 Å². The SMILES string of the molecule is COc1ccc(CNc2cc(C)nc(Nc3c(F)cccc3F)n2)cc1OC. The molecular weight excluding hydrogens is 366 g/mol. The number of aryl methyl sites for hydroxylation is 1. The summed E-state index contributed by atoms with van der Waals surface area (Å²) in [6, 6.07) is 10.9. The molecule has 8 heteroatoms. The molecule has 3 aromatic rings. The summed E-state index contributed by atoms with van der Waals surface area (Å²) in [6.07, 6.45) is 0. The van der Waals surface area contributed by atoms with Crippen LogP contribution in [-0.2, 0) is 6.54 Å². The van der Waals surface area contributed by atoms with Gasteiger partial charge in [0, 0.05) is 18.3 Å². The molecule has 1 heterocycles. The number of methoxy groups -OCH3 is 2. The number of ether oxygens (including phenoxy) is 2. The fourth-order valence-electron chi connectivity index (χ4n) is 2.63. The first-order valence-corrected chi connectivity index (χ1v) is 8.51. The largest absolute Gasteiger partial charge is 0.493 e. The lowest BCUT2D eigenvalue weighted by Gasteiger charge is -2.12. The third kappa shape index (κ3) is 4.46. The molecule has 0 radical (unpaired) electrons. The van der Waals surface area contributed by atoms with Crippen LogP contribution in [0.25, 0.3) is 0 Å². The number of anilines is 3. The molecule has 2 aromatic carbocycles. The van der Waals surface area contributed by atoms with Gasteiger partial charge in [0.15, 0.2) is 11.5 Å². The van der Waals surface area contributed by atoms with Crippen LogP contribution in [-0.4, -0.2) is 24.2 Å². The van der Waals surface area contributed by atoms with Gasteiger partial charge in [-0.25, -0.2) is 13.8 Å². The Morgan fingerprint density at radius 1 is 0.929 bits per heavy atom. The highest BCUT2D eigenvalue weighted by atomic mass is 19.1. The number of para-hydroxylation sites is 1. The van der Waals surface area contributed by atoms with Crippen molar-refractivity contribution in [2.24, 2.45) is 0 Å². The Bertz CT molecular complexity index is 962. The van der Waals surface area contributed by atoms with Crippen molar-refractivity contribution in [1.29, 1.82) is 0 Å². The summed E-state index contributed by atoms with van der Waals surface area (Å²) in [5, 5.41) is 5.78. The minimum absolute atomic E-state index is 0.0961. The Morgan fingerprint density at radius 2 is 1.64 bits per heavy atom. The van der Waals surface area contributed by atoms with Gasteiger partial charge in [-0.2, -0.15) is 4.98 Å². The highest BCUT2D eigenvalue weighted by Crippen LogP contribution is 2.28. The molecule has 0 aliphatic carbocycles. The summed E-state index contributed by atoms with van der Waals surface area (Å²) in [5.74, 6) is 0.441. The smallest absolute Gasteiger partial charge is 0.229 e. The van der Waals surface area contributed by atoms with Gasteiger partial charge < -0.3 is 20.1 Å². The van der Waals surface area contributed by atoms with E-state index in [-0.39, 0.29) is 11.6 Å². The topological polar surface area (TPSA) is 68.3 Å². The first-order chi connectivity index (χ1) is 13.5. The molecule has 6 nitrogen and oxygen atoms in total. The third-order valence-electron chi connectivity index (χ3n) is 3.98. The minimum Gasteiger partial charge on any atom is -0.493 e. The molecule has 0 aliphatic rings. The van der Waals surface area contributed by atoms with E-state index < -0.39 is 11.6 Å². The van der Waals surface area contributed by atoms with E-state index in [4.69, 9.17) is 9.47 Å². The van der Waals surface area contributed by atoms with Crippen molar-refractivity contribution in [1.82, 2.24) is 9.97 Å².